The highest BCUT2D eigenvalue weighted by atomic mass is 32.1. The molecule has 1 atom stereocenters. The largest absolute Gasteiger partial charge is 0.465 e. The molecule has 1 aromatic heterocycles. The van der Waals surface area contributed by atoms with E-state index in [1.807, 2.05) is 11.0 Å². The Labute approximate surface area is 169 Å². The Bertz CT molecular complexity index is 847. The second-order valence-electron chi connectivity index (χ2n) is 7.26. The van der Waals surface area contributed by atoms with Gasteiger partial charge in [-0.1, -0.05) is 0 Å². The number of anilines is 2. The first kappa shape index (κ1) is 18.8. The summed E-state index contributed by atoms with van der Waals surface area (Å²) >= 11 is 1.65. The van der Waals surface area contributed by atoms with Crippen LogP contribution in [0.25, 0.3) is 0 Å². The van der Waals surface area contributed by atoms with E-state index in [1.165, 1.54) is 12.7 Å². The molecule has 1 unspecified atom stereocenters. The van der Waals surface area contributed by atoms with Gasteiger partial charge >= 0.3 is 12.0 Å². The molecular weight excluding hydrogens is 374 g/mol. The van der Waals surface area contributed by atoms with Gasteiger partial charge in [-0.05, 0) is 66.3 Å². The van der Waals surface area contributed by atoms with Crippen LogP contribution in [-0.2, 0) is 4.74 Å². The summed E-state index contributed by atoms with van der Waals surface area (Å²) in [5, 5.41) is 7.25. The average molecular weight is 400 g/mol. The van der Waals surface area contributed by atoms with Crippen LogP contribution >= 0.6 is 11.3 Å². The van der Waals surface area contributed by atoms with E-state index in [0.717, 1.165) is 51.0 Å². The van der Waals surface area contributed by atoms with E-state index >= 15 is 0 Å². The Balaban J connectivity index is 1.59. The fourth-order valence-corrected chi connectivity index (χ4v) is 4.83. The maximum absolute atomic E-state index is 13.1. The molecule has 2 aliphatic heterocycles. The van der Waals surface area contributed by atoms with Gasteiger partial charge in [-0.15, -0.1) is 0 Å². The lowest BCUT2D eigenvalue weighted by Gasteiger charge is -2.27. The van der Waals surface area contributed by atoms with Gasteiger partial charge < -0.3 is 19.9 Å². The topological polar surface area (TPSA) is 61.9 Å². The zero-order chi connectivity index (χ0) is 19.5. The Morgan fingerprint density at radius 3 is 2.68 bits per heavy atom. The third-order valence-corrected chi connectivity index (χ3v) is 6.25. The van der Waals surface area contributed by atoms with Gasteiger partial charge in [-0.25, -0.2) is 9.59 Å². The minimum absolute atomic E-state index is 0.115. The normalized spacial score (nSPS) is 19.1. The standard InChI is InChI=1S/C21H25N3O3S/c1-27-20(25)15-6-7-19(23-9-2-3-10-23)17(13-15)22-21(26)24-11-4-5-18(24)16-8-12-28-14-16/h6-8,12-14,18H,2-5,9-11H2,1H3,(H,22,26). The van der Waals surface area contributed by atoms with E-state index in [-0.39, 0.29) is 12.1 Å². The maximum atomic E-state index is 13.1. The minimum Gasteiger partial charge on any atom is -0.465 e. The maximum Gasteiger partial charge on any atom is 0.337 e. The zero-order valence-electron chi connectivity index (χ0n) is 16.0. The summed E-state index contributed by atoms with van der Waals surface area (Å²) in [5.74, 6) is -0.402. The van der Waals surface area contributed by atoms with Crippen LogP contribution < -0.4 is 10.2 Å². The molecule has 148 valence electrons. The van der Waals surface area contributed by atoms with Crippen molar-refractivity contribution < 1.29 is 14.3 Å². The number of carbonyl (C=O) groups is 2. The SMILES string of the molecule is COC(=O)c1ccc(N2CCCC2)c(NC(=O)N2CCCC2c2ccsc2)c1. The van der Waals surface area contributed by atoms with Gasteiger partial charge in [0.25, 0.3) is 0 Å². The highest BCUT2D eigenvalue weighted by Gasteiger charge is 2.31. The number of carbonyl (C=O) groups excluding carboxylic acids is 2. The van der Waals surface area contributed by atoms with Gasteiger partial charge in [0.2, 0.25) is 0 Å². The molecule has 0 saturated carbocycles. The Morgan fingerprint density at radius 1 is 1.14 bits per heavy atom. The molecule has 0 spiro atoms. The van der Waals surface area contributed by atoms with Crippen molar-refractivity contribution in [2.75, 3.05) is 37.0 Å². The van der Waals surface area contributed by atoms with Gasteiger partial charge in [-0.3, -0.25) is 0 Å². The number of hydrogen-bond acceptors (Lipinski definition) is 5. The lowest BCUT2D eigenvalue weighted by molar-refractivity contribution is 0.0600. The van der Waals surface area contributed by atoms with Crippen LogP contribution in [0.5, 0.6) is 0 Å². The van der Waals surface area contributed by atoms with Crippen molar-refractivity contribution in [1.29, 1.82) is 0 Å². The smallest absolute Gasteiger partial charge is 0.337 e. The summed E-state index contributed by atoms with van der Waals surface area (Å²) in [6.07, 6.45) is 4.25. The molecule has 2 aliphatic rings. The molecule has 3 heterocycles. The predicted octanol–water partition coefficient (Wildman–Crippen LogP) is 4.50. The number of thiophene rings is 1. The van der Waals surface area contributed by atoms with Gasteiger partial charge in [0, 0.05) is 19.6 Å². The molecule has 7 heteroatoms. The number of nitrogens with one attached hydrogen (secondary N) is 1. The van der Waals surface area contributed by atoms with Crippen LogP contribution in [0, 0.1) is 0 Å². The van der Waals surface area contributed by atoms with E-state index in [9.17, 15) is 9.59 Å². The highest BCUT2D eigenvalue weighted by molar-refractivity contribution is 7.08. The van der Waals surface area contributed by atoms with Crippen molar-refractivity contribution in [2.24, 2.45) is 0 Å². The van der Waals surface area contributed by atoms with Crippen molar-refractivity contribution >= 4 is 34.7 Å². The number of nitrogens with zero attached hydrogens (tertiary/aromatic N) is 2. The number of benzene rings is 1. The first-order valence-electron chi connectivity index (χ1n) is 9.74. The number of urea groups is 1. The van der Waals surface area contributed by atoms with Crippen LogP contribution in [0.4, 0.5) is 16.2 Å². The molecule has 0 aliphatic carbocycles. The molecule has 4 rings (SSSR count). The molecule has 2 fully saturated rings. The lowest BCUT2D eigenvalue weighted by Crippen LogP contribution is -2.35. The summed E-state index contributed by atoms with van der Waals surface area (Å²) in [4.78, 5) is 29.3. The van der Waals surface area contributed by atoms with Crippen LogP contribution in [0.15, 0.2) is 35.0 Å². The van der Waals surface area contributed by atoms with Crippen LogP contribution in [-0.4, -0.2) is 43.6 Å². The Kier molecular flexibility index (Phi) is 5.52. The molecule has 2 aromatic rings. The molecule has 28 heavy (non-hydrogen) atoms. The van der Waals surface area contributed by atoms with Crippen molar-refractivity contribution in [3.05, 3.63) is 46.2 Å². The third-order valence-electron chi connectivity index (χ3n) is 5.55. The Hall–Kier alpha value is -2.54. The van der Waals surface area contributed by atoms with Gasteiger partial charge in [0.05, 0.1) is 30.1 Å². The zero-order valence-corrected chi connectivity index (χ0v) is 16.8. The molecule has 0 radical (unpaired) electrons. The van der Waals surface area contributed by atoms with Crippen molar-refractivity contribution in [2.45, 2.75) is 31.7 Å². The van der Waals surface area contributed by atoms with Crippen molar-refractivity contribution in [3.8, 4) is 0 Å². The predicted molar refractivity (Wildman–Crippen MR) is 111 cm³/mol. The monoisotopic (exact) mass is 399 g/mol. The second-order valence-corrected chi connectivity index (χ2v) is 8.04. The second kappa shape index (κ2) is 8.22. The van der Waals surface area contributed by atoms with Crippen LogP contribution in [0.3, 0.4) is 0 Å². The number of esters is 1. The van der Waals surface area contributed by atoms with Gasteiger partial charge in [0.1, 0.15) is 0 Å². The van der Waals surface area contributed by atoms with E-state index < -0.39 is 5.97 Å². The molecular formula is C21H25N3O3S. The van der Waals surface area contributed by atoms with Crippen LogP contribution in [0.1, 0.15) is 47.6 Å². The summed E-state index contributed by atoms with van der Waals surface area (Å²) in [6, 6.07) is 7.50. The number of methoxy groups -OCH3 is 1. The van der Waals surface area contributed by atoms with Crippen molar-refractivity contribution in [3.63, 3.8) is 0 Å². The fourth-order valence-electron chi connectivity index (χ4n) is 4.12. The fraction of sp³-hybridized carbons (Fsp3) is 0.429. The van der Waals surface area contributed by atoms with E-state index in [4.69, 9.17) is 4.74 Å². The molecule has 6 nitrogen and oxygen atoms in total. The van der Waals surface area contributed by atoms with Gasteiger partial charge in [-0.2, -0.15) is 11.3 Å². The number of likely N-dealkylation sites (tertiary alicyclic amines) is 1. The van der Waals surface area contributed by atoms with E-state index in [2.05, 4.69) is 27.0 Å². The molecule has 1 N–H and O–H groups in total. The van der Waals surface area contributed by atoms with E-state index in [0.29, 0.717) is 11.3 Å². The molecule has 2 amide bonds. The first-order chi connectivity index (χ1) is 13.7. The Morgan fingerprint density at radius 2 is 1.96 bits per heavy atom. The number of rotatable bonds is 4. The van der Waals surface area contributed by atoms with E-state index in [1.54, 1.807) is 23.5 Å². The molecule has 1 aromatic carbocycles. The van der Waals surface area contributed by atoms with Gasteiger partial charge in [0.15, 0.2) is 0 Å². The molecule has 0 bridgehead atoms. The molecule has 2 saturated heterocycles. The minimum atomic E-state index is -0.402. The van der Waals surface area contributed by atoms with Crippen LogP contribution in [0.2, 0.25) is 0 Å². The summed E-state index contributed by atoms with van der Waals surface area (Å²) in [7, 11) is 1.37. The summed E-state index contributed by atoms with van der Waals surface area (Å²) < 4.78 is 4.85. The third kappa shape index (κ3) is 3.71. The number of amides is 2. The first-order valence-corrected chi connectivity index (χ1v) is 10.7. The highest BCUT2D eigenvalue weighted by Crippen LogP contribution is 2.35. The quantitative estimate of drug-likeness (QED) is 0.769. The van der Waals surface area contributed by atoms with Crippen molar-refractivity contribution in [1.82, 2.24) is 4.90 Å². The average Bonchev–Trinajstić information content (AvgIpc) is 3.48. The summed E-state index contributed by atoms with van der Waals surface area (Å²) in [5.41, 5.74) is 3.27. The number of hydrogen-bond donors (Lipinski definition) is 1. The summed E-state index contributed by atoms with van der Waals surface area (Å²) in [6.45, 7) is 2.66. The lowest BCUT2D eigenvalue weighted by atomic mass is 10.1. The number of ether oxygens (including phenoxy) is 1.